The molecule has 2 aromatic heterocycles. The second-order valence-electron chi connectivity index (χ2n) is 5.00. The van der Waals surface area contributed by atoms with E-state index >= 15 is 0 Å². The number of nitrogens with zero attached hydrogens (tertiary/aromatic N) is 3. The van der Waals surface area contributed by atoms with Gasteiger partial charge in [-0.15, -0.1) is 0 Å². The molecule has 0 amide bonds. The normalized spacial score (nSPS) is 11.1. The van der Waals surface area contributed by atoms with Gasteiger partial charge in [-0.3, -0.25) is 4.98 Å². The first kappa shape index (κ1) is 11.7. The van der Waals surface area contributed by atoms with Crippen molar-refractivity contribution in [1.29, 1.82) is 0 Å². The summed E-state index contributed by atoms with van der Waals surface area (Å²) < 4.78 is 0. The van der Waals surface area contributed by atoms with Crippen molar-refractivity contribution in [3.63, 3.8) is 0 Å². The molecular formula is C15H16N4. The molecule has 2 N–H and O–H groups in total. The largest absolute Gasteiger partial charge is 0.382 e. The summed E-state index contributed by atoms with van der Waals surface area (Å²) in [4.78, 5) is 10.9. The Morgan fingerprint density at radius 3 is 2.63 bits per heavy atom. The third-order valence-electron chi connectivity index (χ3n) is 3.32. The van der Waals surface area contributed by atoms with E-state index in [9.17, 15) is 0 Å². The van der Waals surface area contributed by atoms with Gasteiger partial charge in [-0.2, -0.15) is 0 Å². The smallest absolute Gasteiger partial charge is 0.150 e. The fraction of sp³-hybridized carbons (Fsp3) is 0.200. The number of benzene rings is 1. The van der Waals surface area contributed by atoms with Crippen LogP contribution in [0.25, 0.3) is 21.8 Å². The maximum atomic E-state index is 6.01. The molecule has 0 aliphatic heterocycles. The summed E-state index contributed by atoms with van der Waals surface area (Å²) in [5, 5.41) is 2.14. The van der Waals surface area contributed by atoms with Crippen LogP contribution in [0.5, 0.6) is 0 Å². The van der Waals surface area contributed by atoms with Crippen molar-refractivity contribution in [3.8, 4) is 0 Å². The molecule has 0 aliphatic carbocycles. The molecule has 0 fully saturated rings. The number of rotatable bonds is 1. The van der Waals surface area contributed by atoms with Gasteiger partial charge in [0.2, 0.25) is 0 Å². The van der Waals surface area contributed by atoms with Crippen LogP contribution >= 0.6 is 0 Å². The van der Waals surface area contributed by atoms with Crippen LogP contribution in [0.3, 0.4) is 0 Å². The Morgan fingerprint density at radius 2 is 1.89 bits per heavy atom. The van der Waals surface area contributed by atoms with Gasteiger partial charge >= 0.3 is 0 Å². The Morgan fingerprint density at radius 1 is 1.11 bits per heavy atom. The first-order chi connectivity index (χ1) is 9.06. The summed E-state index contributed by atoms with van der Waals surface area (Å²) in [5.41, 5.74) is 9.93. The second kappa shape index (κ2) is 4.09. The van der Waals surface area contributed by atoms with Gasteiger partial charge in [-0.05, 0) is 24.6 Å². The van der Waals surface area contributed by atoms with Crippen LogP contribution in [-0.2, 0) is 0 Å². The van der Waals surface area contributed by atoms with E-state index in [4.69, 9.17) is 5.73 Å². The minimum absolute atomic E-state index is 0.485. The quantitative estimate of drug-likeness (QED) is 0.677. The zero-order chi connectivity index (χ0) is 13.6. The summed E-state index contributed by atoms with van der Waals surface area (Å²) in [7, 11) is 4.00. The molecule has 4 nitrogen and oxygen atoms in total. The summed E-state index contributed by atoms with van der Waals surface area (Å²) in [6.45, 7) is 2.05. The van der Waals surface area contributed by atoms with E-state index in [1.54, 1.807) is 0 Å². The van der Waals surface area contributed by atoms with E-state index in [0.29, 0.717) is 5.82 Å². The summed E-state index contributed by atoms with van der Waals surface area (Å²) in [6.07, 6.45) is 1.82. The van der Waals surface area contributed by atoms with Gasteiger partial charge in [0.1, 0.15) is 5.52 Å². The van der Waals surface area contributed by atoms with Crippen LogP contribution in [0.1, 0.15) is 5.56 Å². The number of anilines is 2. The number of hydrogen-bond donors (Lipinski definition) is 1. The Balaban J connectivity index is 2.46. The standard InChI is InChI=1S/C15H16N4/c1-9-4-5-11-12-7-10(19(2)3)8-17-14(12)15(16)18-13(11)6-9/h4-8H,1-3H3,(H2,16,18). The molecule has 0 aliphatic rings. The molecule has 1 aromatic carbocycles. The number of hydrogen-bond acceptors (Lipinski definition) is 4. The van der Waals surface area contributed by atoms with Gasteiger partial charge in [0, 0.05) is 24.9 Å². The zero-order valence-electron chi connectivity index (χ0n) is 11.3. The second-order valence-corrected chi connectivity index (χ2v) is 5.00. The monoisotopic (exact) mass is 252 g/mol. The lowest BCUT2D eigenvalue weighted by Crippen LogP contribution is -2.09. The van der Waals surface area contributed by atoms with Crippen LogP contribution in [-0.4, -0.2) is 24.1 Å². The van der Waals surface area contributed by atoms with E-state index in [1.165, 1.54) is 5.56 Å². The predicted octanol–water partition coefficient (Wildman–Crippen LogP) is 2.74. The van der Waals surface area contributed by atoms with Crippen molar-refractivity contribution >= 4 is 33.3 Å². The van der Waals surface area contributed by atoms with Crippen molar-refractivity contribution in [1.82, 2.24) is 9.97 Å². The highest BCUT2D eigenvalue weighted by Crippen LogP contribution is 2.29. The van der Waals surface area contributed by atoms with Crippen LogP contribution < -0.4 is 10.6 Å². The molecule has 0 saturated carbocycles. The molecule has 0 spiro atoms. The lowest BCUT2D eigenvalue weighted by atomic mass is 10.1. The summed E-state index contributed by atoms with van der Waals surface area (Å²) in [5.74, 6) is 0.485. The third-order valence-corrected chi connectivity index (χ3v) is 3.32. The maximum absolute atomic E-state index is 6.01. The topological polar surface area (TPSA) is 55.0 Å². The Bertz CT molecular complexity index is 778. The lowest BCUT2D eigenvalue weighted by molar-refractivity contribution is 1.12. The number of aryl methyl sites for hydroxylation is 1. The average Bonchev–Trinajstić information content (AvgIpc) is 2.37. The molecule has 3 aromatic rings. The lowest BCUT2D eigenvalue weighted by Gasteiger charge is -2.14. The molecule has 0 unspecified atom stereocenters. The van der Waals surface area contributed by atoms with Crippen molar-refractivity contribution < 1.29 is 0 Å². The Labute approximate surface area is 111 Å². The van der Waals surface area contributed by atoms with Crippen LogP contribution in [0, 0.1) is 6.92 Å². The molecule has 0 bridgehead atoms. The van der Waals surface area contributed by atoms with Crippen LogP contribution in [0.4, 0.5) is 11.5 Å². The highest BCUT2D eigenvalue weighted by Gasteiger charge is 2.09. The summed E-state index contributed by atoms with van der Waals surface area (Å²) >= 11 is 0. The minimum Gasteiger partial charge on any atom is -0.382 e. The number of pyridine rings is 2. The van der Waals surface area contributed by atoms with E-state index in [0.717, 1.165) is 27.5 Å². The molecule has 4 heteroatoms. The van der Waals surface area contributed by atoms with E-state index in [2.05, 4.69) is 35.1 Å². The fourth-order valence-corrected chi connectivity index (χ4v) is 2.25. The minimum atomic E-state index is 0.485. The number of nitrogen functional groups attached to an aromatic ring is 1. The number of fused-ring (bicyclic) bond motifs is 3. The summed E-state index contributed by atoms with van der Waals surface area (Å²) in [6, 6.07) is 8.33. The maximum Gasteiger partial charge on any atom is 0.150 e. The third kappa shape index (κ3) is 1.85. The van der Waals surface area contributed by atoms with Crippen molar-refractivity contribution in [2.75, 3.05) is 24.7 Å². The van der Waals surface area contributed by atoms with Crippen molar-refractivity contribution in [2.24, 2.45) is 0 Å². The number of aromatic nitrogens is 2. The first-order valence-electron chi connectivity index (χ1n) is 6.19. The van der Waals surface area contributed by atoms with Crippen LogP contribution in [0.2, 0.25) is 0 Å². The number of nitrogens with two attached hydrogens (primary N) is 1. The van der Waals surface area contributed by atoms with Gasteiger partial charge < -0.3 is 10.6 Å². The zero-order valence-corrected chi connectivity index (χ0v) is 11.3. The molecule has 0 saturated heterocycles. The van der Waals surface area contributed by atoms with E-state index < -0.39 is 0 Å². The van der Waals surface area contributed by atoms with Gasteiger partial charge in [0.15, 0.2) is 5.82 Å². The molecule has 0 radical (unpaired) electrons. The molecule has 2 heterocycles. The van der Waals surface area contributed by atoms with Crippen molar-refractivity contribution in [2.45, 2.75) is 6.92 Å². The van der Waals surface area contributed by atoms with E-state index in [-0.39, 0.29) is 0 Å². The van der Waals surface area contributed by atoms with Crippen LogP contribution in [0.15, 0.2) is 30.5 Å². The van der Waals surface area contributed by atoms with Gasteiger partial charge in [-0.1, -0.05) is 12.1 Å². The Kier molecular flexibility index (Phi) is 2.52. The first-order valence-corrected chi connectivity index (χ1v) is 6.19. The Hall–Kier alpha value is -2.36. The molecule has 0 atom stereocenters. The van der Waals surface area contributed by atoms with E-state index in [1.807, 2.05) is 31.3 Å². The molecule has 19 heavy (non-hydrogen) atoms. The highest BCUT2D eigenvalue weighted by atomic mass is 15.1. The molecular weight excluding hydrogens is 236 g/mol. The van der Waals surface area contributed by atoms with Gasteiger partial charge in [0.25, 0.3) is 0 Å². The fourth-order valence-electron chi connectivity index (χ4n) is 2.25. The predicted molar refractivity (Wildman–Crippen MR) is 80.5 cm³/mol. The van der Waals surface area contributed by atoms with Crippen molar-refractivity contribution in [3.05, 3.63) is 36.0 Å². The molecule has 3 rings (SSSR count). The van der Waals surface area contributed by atoms with Gasteiger partial charge in [-0.25, -0.2) is 4.98 Å². The van der Waals surface area contributed by atoms with Gasteiger partial charge in [0.05, 0.1) is 17.4 Å². The molecule has 96 valence electrons. The SMILES string of the molecule is Cc1ccc2c(c1)nc(N)c1ncc(N(C)C)cc12. The average molecular weight is 252 g/mol. The highest BCUT2D eigenvalue weighted by molar-refractivity contribution is 6.08.